The summed E-state index contributed by atoms with van der Waals surface area (Å²) >= 11 is 0. The Hall–Kier alpha value is -2.61. The van der Waals surface area contributed by atoms with Gasteiger partial charge in [-0.25, -0.2) is 0 Å². The Morgan fingerprint density at radius 2 is 1.04 bits per heavy atom. The van der Waals surface area contributed by atoms with Crippen LogP contribution in [0.1, 0.15) is 45.7 Å². The van der Waals surface area contributed by atoms with Gasteiger partial charge in [0.2, 0.25) is 0 Å². The van der Waals surface area contributed by atoms with Crippen molar-refractivity contribution in [2.75, 3.05) is 0 Å². The second kappa shape index (κ2) is 11.3. The summed E-state index contributed by atoms with van der Waals surface area (Å²) in [6.07, 6.45) is 0. The average Bonchev–Trinajstić information content (AvgIpc) is 2.72. The van der Waals surface area contributed by atoms with Gasteiger partial charge in [0.25, 0.3) is 0 Å². The van der Waals surface area contributed by atoms with Crippen LogP contribution in [-0.4, -0.2) is 11.1 Å². The van der Waals surface area contributed by atoms with Gasteiger partial charge in [0.15, 0.2) is 0 Å². The second-order valence-electron chi connectivity index (χ2n) is 7.73. The molecule has 0 spiro atoms. The number of hydrogen-bond acceptors (Lipinski definition) is 1. The first-order chi connectivity index (χ1) is 13.2. The molecule has 2 nitrogen and oxygen atoms in total. The molecule has 0 radical (unpaired) electrons. The minimum atomic E-state index is -0.778. The molecule has 0 saturated heterocycles. The fourth-order valence-electron chi connectivity index (χ4n) is 2.75. The molecule has 0 fully saturated rings. The van der Waals surface area contributed by atoms with E-state index in [1.165, 1.54) is 11.1 Å². The molecular formula is C26H34O2. The lowest BCUT2D eigenvalue weighted by molar-refractivity contribution is -0.142. The van der Waals surface area contributed by atoms with Gasteiger partial charge in [-0.3, -0.25) is 4.79 Å². The number of rotatable bonds is 7. The van der Waals surface area contributed by atoms with E-state index in [2.05, 4.69) is 58.2 Å². The number of carboxylic acid groups (broad SMARTS) is 1. The van der Waals surface area contributed by atoms with E-state index in [1.807, 2.05) is 43.3 Å². The Balaban J connectivity index is 0.000000283. The van der Waals surface area contributed by atoms with E-state index in [0.717, 1.165) is 11.1 Å². The van der Waals surface area contributed by atoms with Gasteiger partial charge in [-0.2, -0.15) is 0 Å². The van der Waals surface area contributed by atoms with Crippen LogP contribution in [0.3, 0.4) is 0 Å². The Morgan fingerprint density at radius 1 is 0.679 bits per heavy atom. The molecule has 2 heteroatoms. The molecule has 0 aliphatic heterocycles. The minimum absolute atomic E-state index is 0.0510. The van der Waals surface area contributed by atoms with Crippen LogP contribution in [0.25, 0.3) is 11.1 Å². The van der Waals surface area contributed by atoms with E-state index in [9.17, 15) is 4.79 Å². The van der Waals surface area contributed by atoms with Gasteiger partial charge in [0, 0.05) is 0 Å². The van der Waals surface area contributed by atoms with E-state index < -0.39 is 11.9 Å². The lowest BCUT2D eigenvalue weighted by Gasteiger charge is -2.18. The maximum Gasteiger partial charge on any atom is 0.306 e. The molecule has 2 aromatic carbocycles. The molecule has 28 heavy (non-hydrogen) atoms. The molecule has 0 amide bonds. The molecule has 2 rings (SSSR count). The van der Waals surface area contributed by atoms with Crippen LogP contribution in [-0.2, 0) is 4.79 Å². The molecule has 0 aliphatic rings. The fourth-order valence-corrected chi connectivity index (χ4v) is 2.75. The highest BCUT2D eigenvalue weighted by molar-refractivity contribution is 5.75. The van der Waals surface area contributed by atoms with Crippen molar-refractivity contribution in [2.45, 2.75) is 34.6 Å². The van der Waals surface area contributed by atoms with Crippen LogP contribution in [0.4, 0.5) is 0 Å². The van der Waals surface area contributed by atoms with Crippen molar-refractivity contribution < 1.29 is 9.90 Å². The maximum absolute atomic E-state index is 10.8. The quantitative estimate of drug-likeness (QED) is 0.560. The van der Waals surface area contributed by atoms with Gasteiger partial charge in [-0.1, -0.05) is 108 Å². The first-order valence-corrected chi connectivity index (χ1v) is 9.88. The summed E-state index contributed by atoms with van der Waals surface area (Å²) in [5.74, 6) is -0.0164. The zero-order valence-corrected chi connectivity index (χ0v) is 17.9. The molecule has 0 saturated carbocycles. The molecule has 0 unspecified atom stereocenters. The number of carbonyl (C=O) groups is 1. The highest BCUT2D eigenvalue weighted by atomic mass is 16.4. The second-order valence-corrected chi connectivity index (χ2v) is 7.73. The van der Waals surface area contributed by atoms with Gasteiger partial charge >= 0.3 is 5.97 Å². The van der Waals surface area contributed by atoms with Gasteiger partial charge in [0.1, 0.15) is 0 Å². The third-order valence-corrected chi connectivity index (χ3v) is 5.53. The minimum Gasteiger partial charge on any atom is -0.481 e. The van der Waals surface area contributed by atoms with Gasteiger partial charge in [-0.05, 0) is 40.0 Å². The third-order valence-electron chi connectivity index (χ3n) is 5.53. The lowest BCUT2D eigenvalue weighted by atomic mass is 9.86. The summed E-state index contributed by atoms with van der Waals surface area (Å²) in [7, 11) is 0. The Bertz CT molecular complexity index is 760. The van der Waals surface area contributed by atoms with Crippen LogP contribution < -0.4 is 0 Å². The third kappa shape index (κ3) is 6.84. The molecule has 150 valence electrons. The lowest BCUT2D eigenvalue weighted by Crippen LogP contribution is -2.18. The SMILES string of the molecule is C=C(c1ccccc1)[C@@H](C)C(C)C.C=C(c1ccccc1)[C@@H](C)[C@H](C)C(=O)O. The van der Waals surface area contributed by atoms with E-state index in [1.54, 1.807) is 6.92 Å². The van der Waals surface area contributed by atoms with Crippen molar-refractivity contribution in [1.29, 1.82) is 0 Å². The van der Waals surface area contributed by atoms with E-state index >= 15 is 0 Å². The van der Waals surface area contributed by atoms with Gasteiger partial charge in [0.05, 0.1) is 5.92 Å². The van der Waals surface area contributed by atoms with Crippen molar-refractivity contribution in [3.63, 3.8) is 0 Å². The smallest absolute Gasteiger partial charge is 0.306 e. The molecule has 0 heterocycles. The molecule has 2 aromatic rings. The summed E-state index contributed by atoms with van der Waals surface area (Å²) in [5.41, 5.74) is 4.41. The summed E-state index contributed by atoms with van der Waals surface area (Å²) in [5, 5.41) is 8.91. The Kier molecular flexibility index (Phi) is 9.44. The molecule has 3 atom stereocenters. The first kappa shape index (κ1) is 23.4. The van der Waals surface area contributed by atoms with Crippen LogP contribution in [0, 0.1) is 23.7 Å². The van der Waals surface area contributed by atoms with Crippen molar-refractivity contribution >= 4 is 17.1 Å². The van der Waals surface area contributed by atoms with Crippen molar-refractivity contribution in [1.82, 2.24) is 0 Å². The van der Waals surface area contributed by atoms with Gasteiger partial charge < -0.3 is 5.11 Å². The standard InChI is InChI=1S/C13H16O2.C13H18/c1-9(11(3)13(14)15)10(2)12-7-5-4-6-8-12;1-10(2)11(3)12(4)13-8-6-5-7-9-13/h4-9,11H,2H2,1,3H3,(H,14,15);5-11H,4H2,1-3H3/t9-,11+;11-/m10/s1. The highest BCUT2D eigenvalue weighted by Gasteiger charge is 2.22. The largest absolute Gasteiger partial charge is 0.481 e. The number of aliphatic carboxylic acids is 1. The zero-order valence-electron chi connectivity index (χ0n) is 17.9. The zero-order chi connectivity index (χ0) is 21.3. The fraction of sp³-hybridized carbons (Fsp3) is 0.346. The molecule has 1 N–H and O–H groups in total. The summed E-state index contributed by atoms with van der Waals surface area (Å²) in [6.45, 7) is 18.4. The summed E-state index contributed by atoms with van der Waals surface area (Å²) in [6, 6.07) is 20.1. The predicted octanol–water partition coefficient (Wildman–Crippen LogP) is 7.05. The molecular weight excluding hydrogens is 344 g/mol. The number of allylic oxidation sites excluding steroid dienone is 2. The van der Waals surface area contributed by atoms with E-state index in [0.29, 0.717) is 11.8 Å². The average molecular weight is 379 g/mol. The van der Waals surface area contributed by atoms with Crippen molar-refractivity contribution in [2.24, 2.45) is 23.7 Å². The van der Waals surface area contributed by atoms with Crippen LogP contribution in [0.15, 0.2) is 73.8 Å². The predicted molar refractivity (Wildman–Crippen MR) is 121 cm³/mol. The first-order valence-electron chi connectivity index (χ1n) is 9.88. The number of hydrogen-bond donors (Lipinski definition) is 1. The molecule has 0 aliphatic carbocycles. The van der Waals surface area contributed by atoms with E-state index in [-0.39, 0.29) is 5.92 Å². The highest BCUT2D eigenvalue weighted by Crippen LogP contribution is 2.28. The van der Waals surface area contributed by atoms with Crippen LogP contribution in [0.5, 0.6) is 0 Å². The topological polar surface area (TPSA) is 37.3 Å². The number of carboxylic acids is 1. The monoisotopic (exact) mass is 378 g/mol. The number of benzene rings is 2. The van der Waals surface area contributed by atoms with Crippen LogP contribution in [0.2, 0.25) is 0 Å². The normalized spacial score (nSPS) is 13.6. The summed E-state index contributed by atoms with van der Waals surface area (Å²) in [4.78, 5) is 10.8. The molecule has 0 bridgehead atoms. The van der Waals surface area contributed by atoms with Crippen molar-refractivity contribution in [3.05, 3.63) is 84.9 Å². The maximum atomic E-state index is 10.8. The van der Waals surface area contributed by atoms with E-state index in [4.69, 9.17) is 5.11 Å². The van der Waals surface area contributed by atoms with Crippen molar-refractivity contribution in [3.8, 4) is 0 Å². The Labute approximate surface area is 170 Å². The van der Waals surface area contributed by atoms with Crippen LogP contribution >= 0.6 is 0 Å². The Morgan fingerprint density at radius 3 is 1.36 bits per heavy atom. The molecule has 0 aromatic heterocycles. The summed E-state index contributed by atoms with van der Waals surface area (Å²) < 4.78 is 0. The van der Waals surface area contributed by atoms with Gasteiger partial charge in [-0.15, -0.1) is 0 Å².